The molecule has 0 aromatic carbocycles. The van der Waals surface area contributed by atoms with Crippen molar-refractivity contribution in [2.75, 3.05) is 0 Å². The summed E-state index contributed by atoms with van der Waals surface area (Å²) < 4.78 is 0. The molecule has 2 rings (SSSR count). The highest BCUT2D eigenvalue weighted by Crippen LogP contribution is 2.28. The SMILES string of the molecule is C[C@@H]1CC[C@H]2C/C=C\C[C@H](NC(=O)O)C(=O)N21. The fourth-order valence-corrected chi connectivity index (χ4v) is 2.74. The topological polar surface area (TPSA) is 69.6 Å². The Kier molecular flexibility index (Phi) is 3.36. The Morgan fingerprint density at radius 2 is 2.12 bits per heavy atom. The number of hydrogen-bond acceptors (Lipinski definition) is 2. The average molecular weight is 238 g/mol. The van der Waals surface area contributed by atoms with Gasteiger partial charge in [0, 0.05) is 12.1 Å². The van der Waals surface area contributed by atoms with E-state index < -0.39 is 12.1 Å². The van der Waals surface area contributed by atoms with Crippen molar-refractivity contribution in [2.24, 2.45) is 0 Å². The zero-order chi connectivity index (χ0) is 12.4. The van der Waals surface area contributed by atoms with Crippen LogP contribution in [0.3, 0.4) is 0 Å². The lowest BCUT2D eigenvalue weighted by atomic mass is 10.0. The summed E-state index contributed by atoms with van der Waals surface area (Å²) >= 11 is 0. The van der Waals surface area contributed by atoms with Gasteiger partial charge >= 0.3 is 6.09 Å². The van der Waals surface area contributed by atoms with Crippen molar-refractivity contribution in [3.8, 4) is 0 Å². The summed E-state index contributed by atoms with van der Waals surface area (Å²) in [6.07, 6.45) is 6.16. The highest BCUT2D eigenvalue weighted by Gasteiger charge is 2.37. The molecule has 1 saturated heterocycles. The van der Waals surface area contributed by atoms with E-state index in [2.05, 4.69) is 11.4 Å². The lowest BCUT2D eigenvalue weighted by Gasteiger charge is -2.32. The quantitative estimate of drug-likeness (QED) is 0.677. The molecule has 0 unspecified atom stereocenters. The molecule has 94 valence electrons. The van der Waals surface area contributed by atoms with Gasteiger partial charge in [-0.25, -0.2) is 4.79 Å². The molecule has 0 aromatic heterocycles. The van der Waals surface area contributed by atoms with Gasteiger partial charge in [-0.15, -0.1) is 0 Å². The Balaban J connectivity index is 2.18. The highest BCUT2D eigenvalue weighted by atomic mass is 16.4. The van der Waals surface area contributed by atoms with Crippen molar-refractivity contribution in [1.82, 2.24) is 10.2 Å². The Morgan fingerprint density at radius 1 is 1.41 bits per heavy atom. The zero-order valence-electron chi connectivity index (χ0n) is 9.93. The number of carboxylic acid groups (broad SMARTS) is 1. The maximum Gasteiger partial charge on any atom is 0.405 e. The van der Waals surface area contributed by atoms with Gasteiger partial charge in [-0.1, -0.05) is 12.2 Å². The van der Waals surface area contributed by atoms with E-state index in [-0.39, 0.29) is 18.0 Å². The molecule has 2 aliphatic rings. The molecule has 3 atom stereocenters. The van der Waals surface area contributed by atoms with Crippen molar-refractivity contribution in [1.29, 1.82) is 0 Å². The molecule has 2 N–H and O–H groups in total. The molecule has 5 heteroatoms. The van der Waals surface area contributed by atoms with Crippen molar-refractivity contribution in [3.63, 3.8) is 0 Å². The van der Waals surface area contributed by atoms with Crippen LogP contribution in [0.15, 0.2) is 12.2 Å². The standard InChI is InChI=1S/C12H18N2O3/c1-8-6-7-9-4-2-3-5-10(13-12(16)17)11(15)14(8)9/h2-3,8-10,13H,4-7H2,1H3,(H,16,17)/b3-2-/t8-,9-,10+/m1/s1. The molecule has 0 radical (unpaired) electrons. The van der Waals surface area contributed by atoms with Crippen molar-refractivity contribution in [3.05, 3.63) is 12.2 Å². The van der Waals surface area contributed by atoms with E-state index in [4.69, 9.17) is 5.11 Å². The largest absolute Gasteiger partial charge is 0.465 e. The fraction of sp³-hybridized carbons (Fsp3) is 0.667. The van der Waals surface area contributed by atoms with Gasteiger partial charge in [0.15, 0.2) is 0 Å². The summed E-state index contributed by atoms with van der Waals surface area (Å²) in [4.78, 5) is 24.8. The average Bonchev–Trinajstić information content (AvgIpc) is 2.60. The first-order valence-electron chi connectivity index (χ1n) is 6.06. The van der Waals surface area contributed by atoms with E-state index in [0.717, 1.165) is 19.3 Å². The molecule has 2 amide bonds. The second-order valence-corrected chi connectivity index (χ2v) is 4.77. The summed E-state index contributed by atoms with van der Waals surface area (Å²) in [7, 11) is 0. The third-order valence-corrected chi connectivity index (χ3v) is 3.58. The minimum atomic E-state index is -1.14. The number of amides is 2. The van der Waals surface area contributed by atoms with Gasteiger partial charge in [-0.3, -0.25) is 4.79 Å². The summed E-state index contributed by atoms with van der Waals surface area (Å²) in [5, 5.41) is 11.1. The van der Waals surface area contributed by atoms with Gasteiger partial charge in [0.05, 0.1) is 0 Å². The van der Waals surface area contributed by atoms with Gasteiger partial charge in [0.1, 0.15) is 6.04 Å². The molecule has 0 bridgehead atoms. The van der Waals surface area contributed by atoms with Crippen LogP contribution in [0.2, 0.25) is 0 Å². The Bertz CT molecular complexity index is 354. The number of fused-ring (bicyclic) bond motifs is 1. The van der Waals surface area contributed by atoms with E-state index in [0.29, 0.717) is 6.42 Å². The first-order chi connectivity index (χ1) is 8.09. The lowest BCUT2D eigenvalue weighted by molar-refractivity contribution is -0.136. The Hall–Kier alpha value is -1.52. The van der Waals surface area contributed by atoms with Crippen LogP contribution in [0.4, 0.5) is 4.79 Å². The van der Waals surface area contributed by atoms with Crippen molar-refractivity contribution >= 4 is 12.0 Å². The summed E-state index contributed by atoms with van der Waals surface area (Å²) in [6.45, 7) is 2.03. The third kappa shape index (κ3) is 2.43. The number of carbonyl (C=O) groups is 2. The molecule has 2 heterocycles. The van der Waals surface area contributed by atoms with Gasteiger partial charge in [-0.05, 0) is 32.6 Å². The predicted octanol–water partition coefficient (Wildman–Crippen LogP) is 1.35. The van der Waals surface area contributed by atoms with Crippen molar-refractivity contribution < 1.29 is 14.7 Å². The molecule has 17 heavy (non-hydrogen) atoms. The van der Waals surface area contributed by atoms with Gasteiger partial charge in [0.25, 0.3) is 0 Å². The van der Waals surface area contributed by atoms with Crippen LogP contribution in [0, 0.1) is 0 Å². The second kappa shape index (κ2) is 4.77. The summed E-state index contributed by atoms with van der Waals surface area (Å²) in [5.41, 5.74) is 0. The molecular weight excluding hydrogens is 220 g/mol. The Morgan fingerprint density at radius 3 is 2.82 bits per heavy atom. The number of hydrogen-bond donors (Lipinski definition) is 2. The maximum absolute atomic E-state index is 12.3. The highest BCUT2D eigenvalue weighted by molar-refractivity contribution is 5.86. The van der Waals surface area contributed by atoms with Crippen LogP contribution in [0.1, 0.15) is 32.6 Å². The van der Waals surface area contributed by atoms with Gasteiger partial charge in [0.2, 0.25) is 5.91 Å². The van der Waals surface area contributed by atoms with E-state index in [1.165, 1.54) is 0 Å². The minimum Gasteiger partial charge on any atom is -0.465 e. The number of rotatable bonds is 1. The normalized spacial score (nSPS) is 34.8. The van der Waals surface area contributed by atoms with Gasteiger partial charge in [-0.2, -0.15) is 0 Å². The fourth-order valence-electron chi connectivity index (χ4n) is 2.74. The van der Waals surface area contributed by atoms with Crippen LogP contribution in [0.25, 0.3) is 0 Å². The number of nitrogens with zero attached hydrogens (tertiary/aromatic N) is 1. The molecule has 0 aromatic rings. The third-order valence-electron chi connectivity index (χ3n) is 3.58. The summed E-state index contributed by atoms with van der Waals surface area (Å²) in [6, 6.07) is -0.170. The van der Waals surface area contributed by atoms with Crippen LogP contribution in [-0.4, -0.2) is 40.1 Å². The summed E-state index contributed by atoms with van der Waals surface area (Å²) in [5.74, 6) is -0.0771. The molecule has 0 aliphatic carbocycles. The van der Waals surface area contributed by atoms with Crippen LogP contribution >= 0.6 is 0 Å². The molecule has 5 nitrogen and oxygen atoms in total. The molecule has 0 spiro atoms. The second-order valence-electron chi connectivity index (χ2n) is 4.77. The van der Waals surface area contributed by atoms with Crippen LogP contribution < -0.4 is 5.32 Å². The molecular formula is C12H18N2O3. The molecule has 0 saturated carbocycles. The maximum atomic E-state index is 12.3. The van der Waals surface area contributed by atoms with E-state index in [1.54, 1.807) is 0 Å². The smallest absolute Gasteiger partial charge is 0.405 e. The zero-order valence-corrected chi connectivity index (χ0v) is 9.93. The van der Waals surface area contributed by atoms with Crippen LogP contribution in [-0.2, 0) is 4.79 Å². The number of nitrogens with one attached hydrogen (secondary N) is 1. The van der Waals surface area contributed by atoms with Gasteiger partial charge < -0.3 is 15.3 Å². The van der Waals surface area contributed by atoms with E-state index in [9.17, 15) is 9.59 Å². The lowest BCUT2D eigenvalue weighted by Crippen LogP contribution is -2.52. The molecule has 1 fully saturated rings. The van der Waals surface area contributed by atoms with Crippen LogP contribution in [0.5, 0.6) is 0 Å². The first kappa shape index (κ1) is 12.0. The monoisotopic (exact) mass is 238 g/mol. The number of carbonyl (C=O) groups excluding carboxylic acids is 1. The Labute approximate surface area is 100 Å². The first-order valence-corrected chi connectivity index (χ1v) is 6.06. The van der Waals surface area contributed by atoms with E-state index >= 15 is 0 Å². The van der Waals surface area contributed by atoms with Crippen molar-refractivity contribution in [2.45, 2.75) is 50.7 Å². The predicted molar refractivity (Wildman–Crippen MR) is 62.7 cm³/mol. The molecule has 2 aliphatic heterocycles. The van der Waals surface area contributed by atoms with E-state index in [1.807, 2.05) is 17.9 Å². The minimum absolute atomic E-state index is 0.0771.